The summed E-state index contributed by atoms with van der Waals surface area (Å²) in [5, 5.41) is 8.65. The Morgan fingerprint density at radius 1 is 1.11 bits per heavy atom. The Morgan fingerprint density at radius 2 is 1.89 bits per heavy atom. The highest BCUT2D eigenvalue weighted by atomic mass is 32.1. The Hall–Kier alpha value is -3.12. The van der Waals surface area contributed by atoms with Crippen molar-refractivity contribution in [1.29, 1.82) is 0 Å². The Labute approximate surface area is 167 Å². The average molecular weight is 391 g/mol. The lowest BCUT2D eigenvalue weighted by molar-refractivity contribution is 0.103. The largest absolute Gasteiger partial charge is 0.495 e. The highest BCUT2D eigenvalue weighted by Crippen LogP contribution is 2.32. The molecule has 142 valence electrons. The van der Waals surface area contributed by atoms with Crippen LogP contribution < -0.4 is 10.1 Å². The number of para-hydroxylation sites is 1. The van der Waals surface area contributed by atoms with Gasteiger partial charge in [-0.05, 0) is 56.2 Å². The van der Waals surface area contributed by atoms with Crippen LogP contribution in [-0.4, -0.2) is 22.8 Å². The summed E-state index contributed by atoms with van der Waals surface area (Å²) in [6.07, 6.45) is 0. The van der Waals surface area contributed by atoms with E-state index in [9.17, 15) is 4.79 Å². The van der Waals surface area contributed by atoms with Gasteiger partial charge in [0.1, 0.15) is 10.6 Å². The van der Waals surface area contributed by atoms with Crippen molar-refractivity contribution in [1.82, 2.24) is 9.78 Å². The zero-order valence-electron chi connectivity index (χ0n) is 16.2. The SMILES string of the molecule is COc1ccc(C)cc1NC(=O)c1cc2c(C)nn(-c3ccccc3C)c2s1. The molecule has 0 aliphatic heterocycles. The number of methoxy groups -OCH3 is 1. The molecule has 5 nitrogen and oxygen atoms in total. The van der Waals surface area contributed by atoms with Crippen LogP contribution in [0.15, 0.2) is 48.5 Å². The van der Waals surface area contributed by atoms with Crippen LogP contribution in [-0.2, 0) is 0 Å². The number of hydrogen-bond acceptors (Lipinski definition) is 4. The van der Waals surface area contributed by atoms with E-state index in [1.165, 1.54) is 11.3 Å². The fourth-order valence-electron chi connectivity index (χ4n) is 3.23. The van der Waals surface area contributed by atoms with Gasteiger partial charge >= 0.3 is 0 Å². The minimum Gasteiger partial charge on any atom is -0.495 e. The van der Waals surface area contributed by atoms with E-state index in [0.29, 0.717) is 16.3 Å². The lowest BCUT2D eigenvalue weighted by Gasteiger charge is -2.10. The molecule has 0 saturated carbocycles. The molecule has 4 aromatic rings. The van der Waals surface area contributed by atoms with E-state index >= 15 is 0 Å². The first kappa shape index (κ1) is 18.3. The van der Waals surface area contributed by atoms with E-state index in [1.807, 2.05) is 61.0 Å². The van der Waals surface area contributed by atoms with Crippen LogP contribution in [0.5, 0.6) is 5.75 Å². The number of fused-ring (bicyclic) bond motifs is 1. The monoisotopic (exact) mass is 391 g/mol. The Kier molecular flexibility index (Phi) is 4.65. The number of nitrogens with one attached hydrogen (secondary N) is 1. The molecule has 0 atom stereocenters. The fourth-order valence-corrected chi connectivity index (χ4v) is 4.30. The highest BCUT2D eigenvalue weighted by molar-refractivity contribution is 7.20. The molecule has 1 N–H and O–H groups in total. The topological polar surface area (TPSA) is 56.1 Å². The predicted molar refractivity (Wildman–Crippen MR) is 114 cm³/mol. The maximum Gasteiger partial charge on any atom is 0.265 e. The average Bonchev–Trinajstić information content (AvgIpc) is 3.23. The number of carbonyl (C=O) groups is 1. The zero-order chi connectivity index (χ0) is 19.8. The lowest BCUT2D eigenvalue weighted by atomic mass is 10.2. The molecule has 6 heteroatoms. The van der Waals surface area contributed by atoms with Gasteiger partial charge in [-0.25, -0.2) is 4.68 Å². The maximum atomic E-state index is 12.9. The molecule has 0 bridgehead atoms. The minimum atomic E-state index is -0.152. The van der Waals surface area contributed by atoms with Gasteiger partial charge in [0.25, 0.3) is 5.91 Å². The number of amides is 1. The number of aryl methyl sites for hydroxylation is 3. The van der Waals surface area contributed by atoms with Gasteiger partial charge < -0.3 is 10.1 Å². The molecule has 0 aliphatic rings. The summed E-state index contributed by atoms with van der Waals surface area (Å²) in [6.45, 7) is 6.01. The van der Waals surface area contributed by atoms with E-state index < -0.39 is 0 Å². The van der Waals surface area contributed by atoms with Gasteiger partial charge in [0.15, 0.2) is 0 Å². The first-order chi connectivity index (χ1) is 13.5. The molecule has 2 aromatic heterocycles. The zero-order valence-corrected chi connectivity index (χ0v) is 17.1. The number of nitrogens with zero attached hydrogens (tertiary/aromatic N) is 2. The van der Waals surface area contributed by atoms with Gasteiger partial charge in [0.2, 0.25) is 0 Å². The van der Waals surface area contributed by atoms with Crippen molar-refractivity contribution in [3.8, 4) is 11.4 Å². The number of thiophene rings is 1. The number of hydrogen-bond donors (Lipinski definition) is 1. The molecule has 4 rings (SSSR count). The molecular formula is C22H21N3O2S. The van der Waals surface area contributed by atoms with E-state index in [2.05, 4.69) is 23.4 Å². The second-order valence-corrected chi connectivity index (χ2v) is 7.80. The van der Waals surface area contributed by atoms with Crippen molar-refractivity contribution in [2.45, 2.75) is 20.8 Å². The van der Waals surface area contributed by atoms with Crippen LogP contribution in [0.1, 0.15) is 26.5 Å². The summed E-state index contributed by atoms with van der Waals surface area (Å²) < 4.78 is 7.29. The summed E-state index contributed by atoms with van der Waals surface area (Å²) in [6, 6.07) is 15.7. The number of ether oxygens (including phenoxy) is 1. The molecule has 2 heterocycles. The van der Waals surface area contributed by atoms with Crippen molar-refractivity contribution in [2.75, 3.05) is 12.4 Å². The smallest absolute Gasteiger partial charge is 0.265 e. The Balaban J connectivity index is 1.73. The third-order valence-corrected chi connectivity index (χ3v) is 5.82. The summed E-state index contributed by atoms with van der Waals surface area (Å²) in [4.78, 5) is 14.5. The number of aromatic nitrogens is 2. The van der Waals surface area contributed by atoms with Crippen LogP contribution in [0.4, 0.5) is 5.69 Å². The highest BCUT2D eigenvalue weighted by Gasteiger charge is 2.19. The van der Waals surface area contributed by atoms with E-state index in [-0.39, 0.29) is 5.91 Å². The van der Waals surface area contributed by atoms with E-state index in [0.717, 1.165) is 32.7 Å². The predicted octanol–water partition coefficient (Wildman–Crippen LogP) is 5.27. The van der Waals surface area contributed by atoms with Crippen LogP contribution in [0, 0.1) is 20.8 Å². The van der Waals surface area contributed by atoms with Crippen LogP contribution in [0.25, 0.3) is 15.9 Å². The number of carbonyl (C=O) groups excluding carboxylic acids is 1. The van der Waals surface area contributed by atoms with Gasteiger partial charge in [-0.15, -0.1) is 11.3 Å². The van der Waals surface area contributed by atoms with Crippen molar-refractivity contribution >= 4 is 33.1 Å². The minimum absolute atomic E-state index is 0.152. The number of benzene rings is 2. The third-order valence-electron chi connectivity index (χ3n) is 4.72. The Bertz CT molecular complexity index is 1190. The van der Waals surface area contributed by atoms with Crippen LogP contribution in [0.2, 0.25) is 0 Å². The molecule has 0 unspecified atom stereocenters. The van der Waals surface area contributed by atoms with Crippen molar-refractivity contribution in [3.63, 3.8) is 0 Å². The molecule has 1 amide bonds. The first-order valence-electron chi connectivity index (χ1n) is 8.99. The Morgan fingerprint density at radius 3 is 2.64 bits per heavy atom. The normalized spacial score (nSPS) is 11.0. The molecule has 28 heavy (non-hydrogen) atoms. The number of anilines is 1. The van der Waals surface area contributed by atoms with Crippen molar-refractivity contribution < 1.29 is 9.53 Å². The number of rotatable bonds is 4. The molecule has 0 spiro atoms. The maximum absolute atomic E-state index is 12.9. The van der Waals surface area contributed by atoms with Crippen molar-refractivity contribution in [2.24, 2.45) is 0 Å². The molecule has 0 saturated heterocycles. The van der Waals surface area contributed by atoms with Gasteiger partial charge in [-0.3, -0.25) is 4.79 Å². The van der Waals surface area contributed by atoms with Gasteiger partial charge in [-0.1, -0.05) is 24.3 Å². The third kappa shape index (κ3) is 3.16. The van der Waals surface area contributed by atoms with E-state index in [4.69, 9.17) is 4.74 Å². The van der Waals surface area contributed by atoms with Crippen LogP contribution in [0.3, 0.4) is 0 Å². The van der Waals surface area contributed by atoms with Crippen molar-refractivity contribution in [3.05, 3.63) is 70.2 Å². The lowest BCUT2D eigenvalue weighted by Crippen LogP contribution is -2.11. The summed E-state index contributed by atoms with van der Waals surface area (Å²) >= 11 is 1.44. The molecule has 0 radical (unpaired) electrons. The molecule has 0 fully saturated rings. The van der Waals surface area contributed by atoms with Gasteiger partial charge in [-0.2, -0.15) is 5.10 Å². The van der Waals surface area contributed by atoms with Crippen LogP contribution >= 0.6 is 11.3 Å². The first-order valence-corrected chi connectivity index (χ1v) is 9.80. The quantitative estimate of drug-likeness (QED) is 0.515. The molecule has 0 aliphatic carbocycles. The van der Waals surface area contributed by atoms with Gasteiger partial charge in [0.05, 0.1) is 29.1 Å². The fraction of sp³-hybridized carbons (Fsp3) is 0.182. The summed E-state index contributed by atoms with van der Waals surface area (Å²) in [7, 11) is 1.60. The standard InChI is InChI=1S/C22H21N3O2S/c1-13-9-10-19(27-4)17(11-13)23-21(26)20-12-16-15(3)24-25(22(16)28-20)18-8-6-5-7-14(18)2/h5-12H,1-4H3,(H,23,26). The second-order valence-electron chi connectivity index (χ2n) is 6.77. The molecule has 2 aromatic carbocycles. The summed E-state index contributed by atoms with van der Waals surface area (Å²) in [5.41, 5.74) is 4.79. The second kappa shape index (κ2) is 7.13. The summed E-state index contributed by atoms with van der Waals surface area (Å²) in [5.74, 6) is 0.489. The van der Waals surface area contributed by atoms with E-state index in [1.54, 1.807) is 7.11 Å². The molecular weight excluding hydrogens is 370 g/mol. The van der Waals surface area contributed by atoms with Gasteiger partial charge in [0, 0.05) is 5.39 Å².